The average Bonchev–Trinajstić information content (AvgIpc) is 3.56. The fourth-order valence-electron chi connectivity index (χ4n) is 5.07. The Morgan fingerprint density at radius 3 is 1.66 bits per heavy atom. The summed E-state index contributed by atoms with van der Waals surface area (Å²) in [6, 6.07) is 19.7. The molecular formula is C33H26N4O8S2. The number of nitrogens with zero attached hydrogens (tertiary/aromatic N) is 2. The molecule has 6 amide bonds. The van der Waals surface area contributed by atoms with E-state index in [0.29, 0.717) is 70.1 Å². The van der Waals surface area contributed by atoms with Gasteiger partial charge < -0.3 is 19.3 Å². The van der Waals surface area contributed by atoms with Crippen LogP contribution >= 0.6 is 23.5 Å². The molecule has 12 nitrogen and oxygen atoms in total. The number of anilines is 2. The largest absolute Gasteiger partial charge is 0.490 e. The zero-order valence-corrected chi connectivity index (χ0v) is 26.4. The number of rotatable bonds is 3. The van der Waals surface area contributed by atoms with Gasteiger partial charge >= 0.3 is 0 Å². The molecule has 14 heteroatoms. The Morgan fingerprint density at radius 2 is 1.19 bits per heavy atom. The number of carbonyl (C=O) groups is 6. The number of thioether (sulfide) groups is 2. The van der Waals surface area contributed by atoms with Gasteiger partial charge in [-0.3, -0.25) is 39.4 Å². The highest BCUT2D eigenvalue weighted by molar-refractivity contribution is 8.18. The molecule has 0 aromatic heterocycles. The molecule has 4 heterocycles. The number of fused-ring (bicyclic) bond motifs is 2. The molecule has 0 bridgehead atoms. The van der Waals surface area contributed by atoms with Crippen LogP contribution in [0.5, 0.6) is 11.5 Å². The molecule has 4 aliphatic heterocycles. The van der Waals surface area contributed by atoms with Gasteiger partial charge in [0.05, 0.1) is 34.3 Å². The molecule has 238 valence electrons. The Kier molecular flexibility index (Phi) is 9.13. The van der Waals surface area contributed by atoms with E-state index in [1.807, 2.05) is 18.2 Å². The number of hydrogen-bond donors (Lipinski definition) is 2. The number of hydrogen-bond acceptors (Lipinski definition) is 10. The fraction of sp³-hybridized carbons (Fsp3) is 0.152. The summed E-state index contributed by atoms with van der Waals surface area (Å²) in [4.78, 5) is 74.2. The van der Waals surface area contributed by atoms with Gasteiger partial charge in [-0.25, -0.2) is 0 Å². The Morgan fingerprint density at radius 1 is 0.702 bits per heavy atom. The summed E-state index contributed by atoms with van der Waals surface area (Å²) < 4.78 is 11.2. The monoisotopic (exact) mass is 670 g/mol. The third-order valence-corrected chi connectivity index (χ3v) is 8.84. The Bertz CT molecular complexity index is 1890. The Labute approximate surface area is 277 Å². The topological polar surface area (TPSA) is 151 Å². The lowest BCUT2D eigenvalue weighted by molar-refractivity contribution is -0.117. The van der Waals surface area contributed by atoms with E-state index in [1.54, 1.807) is 70.5 Å². The molecule has 7 rings (SSSR count). The SMILES string of the molecule is CC(=O)N1CCOc2ccc(C=C3SC(=O)NC3=O)cc21.O=C1NC(=O)C(=Cc2ccc3c(c2)N(C(=O)c2ccccc2)CCO3)S1. The van der Waals surface area contributed by atoms with Crippen molar-refractivity contribution in [1.29, 1.82) is 0 Å². The zero-order valence-electron chi connectivity index (χ0n) is 24.8. The number of imide groups is 2. The van der Waals surface area contributed by atoms with Crippen LogP contribution in [0.1, 0.15) is 28.4 Å². The summed E-state index contributed by atoms with van der Waals surface area (Å²) in [5.74, 6) is 0.268. The summed E-state index contributed by atoms with van der Waals surface area (Å²) in [6.45, 7) is 3.31. The van der Waals surface area contributed by atoms with Gasteiger partial charge in [-0.1, -0.05) is 30.3 Å². The van der Waals surface area contributed by atoms with E-state index in [4.69, 9.17) is 9.47 Å². The molecule has 0 spiro atoms. The van der Waals surface area contributed by atoms with Crippen LogP contribution in [0.15, 0.2) is 76.5 Å². The first-order chi connectivity index (χ1) is 22.7. The molecule has 47 heavy (non-hydrogen) atoms. The molecule has 3 aromatic rings. The molecule has 0 saturated carbocycles. The standard InChI is InChI=1S/C19H14N2O4S.C14H12N2O4S/c22-17-16(26-19(24)20-17)11-12-6-7-15-14(10-12)21(8-9-25-15)18(23)13-4-2-1-3-5-13;1-8(17)16-4-5-20-11-3-2-9(6-10(11)16)7-12-13(18)15-14(19)21-12/h1-7,10-11H,8-9H2,(H,20,22,24);2-3,6-7H,4-5H2,1H3,(H,15,18,19). The second-order valence-corrected chi connectivity index (χ2v) is 12.4. The van der Waals surface area contributed by atoms with E-state index in [0.717, 1.165) is 29.1 Å². The minimum Gasteiger partial charge on any atom is -0.490 e. The smallest absolute Gasteiger partial charge is 0.290 e. The van der Waals surface area contributed by atoms with E-state index in [-0.39, 0.29) is 22.3 Å². The number of ether oxygens (including phenoxy) is 2. The summed E-state index contributed by atoms with van der Waals surface area (Å²) >= 11 is 1.72. The van der Waals surface area contributed by atoms with Crippen molar-refractivity contribution in [1.82, 2.24) is 10.6 Å². The van der Waals surface area contributed by atoms with Crippen LogP contribution < -0.4 is 29.9 Å². The van der Waals surface area contributed by atoms with E-state index in [1.165, 1.54) is 6.92 Å². The van der Waals surface area contributed by atoms with Crippen LogP contribution in [-0.2, 0) is 14.4 Å². The molecule has 2 N–H and O–H groups in total. The molecule has 2 fully saturated rings. The maximum absolute atomic E-state index is 12.9. The number of carbonyl (C=O) groups excluding carboxylic acids is 6. The third-order valence-electron chi connectivity index (χ3n) is 7.22. The van der Waals surface area contributed by atoms with Gasteiger partial charge in [-0.2, -0.15) is 0 Å². The van der Waals surface area contributed by atoms with Gasteiger partial charge in [-0.15, -0.1) is 0 Å². The van der Waals surface area contributed by atoms with Gasteiger partial charge in [0.1, 0.15) is 24.7 Å². The first-order valence-electron chi connectivity index (χ1n) is 14.3. The maximum Gasteiger partial charge on any atom is 0.290 e. The zero-order chi connectivity index (χ0) is 33.1. The molecule has 3 aromatic carbocycles. The highest BCUT2D eigenvalue weighted by atomic mass is 32.2. The van der Waals surface area contributed by atoms with Crippen LogP contribution in [0.2, 0.25) is 0 Å². The Balaban J connectivity index is 0.000000168. The van der Waals surface area contributed by atoms with Crippen LogP contribution in [0.25, 0.3) is 12.2 Å². The summed E-state index contributed by atoms with van der Waals surface area (Å²) in [6.07, 6.45) is 3.25. The number of benzene rings is 3. The van der Waals surface area contributed by atoms with Gasteiger partial charge in [-0.05, 0) is 83.2 Å². The van der Waals surface area contributed by atoms with Gasteiger partial charge in [0.2, 0.25) is 5.91 Å². The van der Waals surface area contributed by atoms with Crippen LogP contribution in [0.4, 0.5) is 21.0 Å². The number of nitrogens with one attached hydrogen (secondary N) is 2. The van der Waals surface area contributed by atoms with E-state index < -0.39 is 11.8 Å². The molecule has 4 aliphatic rings. The first-order valence-corrected chi connectivity index (χ1v) is 16.0. The van der Waals surface area contributed by atoms with Crippen molar-refractivity contribution in [3.8, 4) is 11.5 Å². The predicted octanol–water partition coefficient (Wildman–Crippen LogP) is 4.81. The lowest BCUT2D eigenvalue weighted by atomic mass is 10.1. The van der Waals surface area contributed by atoms with Crippen molar-refractivity contribution in [2.75, 3.05) is 36.1 Å². The average molecular weight is 671 g/mol. The van der Waals surface area contributed by atoms with E-state index in [9.17, 15) is 28.8 Å². The van der Waals surface area contributed by atoms with Gasteiger partial charge in [0.15, 0.2) is 0 Å². The van der Waals surface area contributed by atoms with Crippen molar-refractivity contribution in [2.24, 2.45) is 0 Å². The van der Waals surface area contributed by atoms with Crippen LogP contribution in [0.3, 0.4) is 0 Å². The van der Waals surface area contributed by atoms with Crippen molar-refractivity contribution in [3.63, 3.8) is 0 Å². The second-order valence-electron chi connectivity index (χ2n) is 10.3. The van der Waals surface area contributed by atoms with Crippen molar-refractivity contribution >= 4 is 81.2 Å². The lowest BCUT2D eigenvalue weighted by Crippen LogP contribution is -2.38. The van der Waals surface area contributed by atoms with Gasteiger partial charge in [0.25, 0.3) is 28.2 Å². The highest BCUT2D eigenvalue weighted by Gasteiger charge is 2.28. The lowest BCUT2D eigenvalue weighted by Gasteiger charge is -2.30. The molecular weight excluding hydrogens is 645 g/mol. The highest BCUT2D eigenvalue weighted by Crippen LogP contribution is 2.36. The molecule has 0 radical (unpaired) electrons. The van der Waals surface area contributed by atoms with Gasteiger partial charge in [0, 0.05) is 12.5 Å². The Hall–Kier alpha value is -5.34. The van der Waals surface area contributed by atoms with Crippen LogP contribution in [0, 0.1) is 0 Å². The quantitative estimate of drug-likeness (QED) is 0.372. The normalized spacial score (nSPS) is 18.4. The first kappa shape index (κ1) is 31.6. The fourth-order valence-corrected chi connectivity index (χ4v) is 6.43. The van der Waals surface area contributed by atoms with Crippen LogP contribution in [-0.4, -0.2) is 60.4 Å². The molecule has 0 atom stereocenters. The van der Waals surface area contributed by atoms with Crippen molar-refractivity contribution < 1.29 is 38.2 Å². The summed E-state index contributed by atoms with van der Waals surface area (Å²) in [5, 5.41) is 3.67. The van der Waals surface area contributed by atoms with E-state index >= 15 is 0 Å². The molecule has 0 unspecified atom stereocenters. The maximum atomic E-state index is 12.9. The molecule has 2 saturated heterocycles. The third kappa shape index (κ3) is 7.08. The minimum atomic E-state index is -0.411. The number of amides is 6. The summed E-state index contributed by atoms with van der Waals surface area (Å²) in [5.41, 5.74) is 3.37. The minimum absolute atomic E-state index is 0.0625. The van der Waals surface area contributed by atoms with E-state index in [2.05, 4.69) is 10.6 Å². The summed E-state index contributed by atoms with van der Waals surface area (Å²) in [7, 11) is 0. The molecule has 0 aliphatic carbocycles. The van der Waals surface area contributed by atoms with Crippen molar-refractivity contribution in [2.45, 2.75) is 6.92 Å². The predicted molar refractivity (Wildman–Crippen MR) is 178 cm³/mol. The van der Waals surface area contributed by atoms with Crippen molar-refractivity contribution in [3.05, 3.63) is 93.2 Å². The second kappa shape index (κ2) is 13.6.